The first-order valence-electron chi connectivity index (χ1n) is 4.18. The lowest BCUT2D eigenvalue weighted by Crippen LogP contribution is -2.18. The SMILES string of the molecule is CC(C)CC(C)(C)CCN. The molecular weight excluding hydrogens is 122 g/mol. The van der Waals surface area contributed by atoms with Gasteiger partial charge in [0.05, 0.1) is 0 Å². The van der Waals surface area contributed by atoms with Crippen LogP contribution in [0.3, 0.4) is 0 Å². The van der Waals surface area contributed by atoms with E-state index in [9.17, 15) is 0 Å². The number of hydrogen-bond donors (Lipinski definition) is 1. The predicted octanol–water partition coefficient (Wildman–Crippen LogP) is 2.41. The second-order valence-corrected chi connectivity index (χ2v) is 4.30. The minimum atomic E-state index is 0.447. The molecule has 0 atom stereocenters. The van der Waals surface area contributed by atoms with Crippen LogP contribution in [0.1, 0.15) is 40.5 Å². The summed E-state index contributed by atoms with van der Waals surface area (Å²) in [5.41, 5.74) is 5.94. The van der Waals surface area contributed by atoms with E-state index in [1.54, 1.807) is 0 Å². The fraction of sp³-hybridized carbons (Fsp3) is 1.00. The van der Waals surface area contributed by atoms with Crippen LogP contribution in [-0.4, -0.2) is 6.54 Å². The van der Waals surface area contributed by atoms with Gasteiger partial charge in [0, 0.05) is 0 Å². The molecule has 0 amide bonds. The van der Waals surface area contributed by atoms with Crippen LogP contribution in [-0.2, 0) is 0 Å². The highest BCUT2D eigenvalue weighted by atomic mass is 14.5. The molecular formula is C9H21N. The minimum absolute atomic E-state index is 0.447. The third kappa shape index (κ3) is 4.80. The first-order valence-corrected chi connectivity index (χ1v) is 4.18. The Morgan fingerprint density at radius 2 is 1.80 bits per heavy atom. The normalized spacial score (nSPS) is 12.6. The molecule has 0 heterocycles. The molecule has 0 spiro atoms. The Labute approximate surface area is 65.0 Å². The molecule has 0 bridgehead atoms. The summed E-state index contributed by atoms with van der Waals surface area (Å²) in [6, 6.07) is 0. The van der Waals surface area contributed by atoms with Crippen molar-refractivity contribution >= 4 is 0 Å². The summed E-state index contributed by atoms with van der Waals surface area (Å²) in [5.74, 6) is 0.793. The smallest absolute Gasteiger partial charge is 0.00722 e. The van der Waals surface area contributed by atoms with Crippen molar-refractivity contribution in [2.45, 2.75) is 40.5 Å². The van der Waals surface area contributed by atoms with Crippen molar-refractivity contribution in [2.75, 3.05) is 6.54 Å². The van der Waals surface area contributed by atoms with E-state index in [1.165, 1.54) is 6.42 Å². The van der Waals surface area contributed by atoms with E-state index in [1.807, 2.05) is 0 Å². The van der Waals surface area contributed by atoms with Gasteiger partial charge < -0.3 is 5.73 Å². The molecule has 0 aromatic rings. The lowest BCUT2D eigenvalue weighted by atomic mass is 9.81. The fourth-order valence-electron chi connectivity index (χ4n) is 1.60. The van der Waals surface area contributed by atoms with E-state index in [4.69, 9.17) is 5.73 Å². The Balaban J connectivity index is 3.63. The average Bonchev–Trinajstić information content (AvgIpc) is 1.59. The van der Waals surface area contributed by atoms with E-state index < -0.39 is 0 Å². The number of hydrogen-bond acceptors (Lipinski definition) is 1. The predicted molar refractivity (Wildman–Crippen MR) is 46.9 cm³/mol. The molecule has 2 N–H and O–H groups in total. The molecule has 0 fully saturated rings. The van der Waals surface area contributed by atoms with Crippen LogP contribution in [0.5, 0.6) is 0 Å². The summed E-state index contributed by atoms with van der Waals surface area (Å²) in [6.45, 7) is 9.93. The largest absolute Gasteiger partial charge is 0.330 e. The van der Waals surface area contributed by atoms with Gasteiger partial charge >= 0.3 is 0 Å². The lowest BCUT2D eigenvalue weighted by molar-refractivity contribution is 0.270. The third-order valence-corrected chi connectivity index (χ3v) is 1.78. The molecule has 62 valence electrons. The minimum Gasteiger partial charge on any atom is -0.330 e. The molecule has 1 nitrogen and oxygen atoms in total. The third-order valence-electron chi connectivity index (χ3n) is 1.78. The van der Waals surface area contributed by atoms with Crippen LogP contribution in [0.15, 0.2) is 0 Å². The highest BCUT2D eigenvalue weighted by Crippen LogP contribution is 2.27. The van der Waals surface area contributed by atoms with Gasteiger partial charge in [-0.15, -0.1) is 0 Å². The summed E-state index contributed by atoms with van der Waals surface area (Å²) in [5, 5.41) is 0. The molecule has 0 aliphatic rings. The molecule has 1 heteroatoms. The van der Waals surface area contributed by atoms with Crippen molar-refractivity contribution in [1.82, 2.24) is 0 Å². The molecule has 0 aliphatic carbocycles. The molecule has 0 radical (unpaired) electrons. The first kappa shape index (κ1) is 9.96. The van der Waals surface area contributed by atoms with Gasteiger partial charge in [-0.3, -0.25) is 0 Å². The van der Waals surface area contributed by atoms with Crippen molar-refractivity contribution in [3.63, 3.8) is 0 Å². The molecule has 0 saturated carbocycles. The Morgan fingerprint density at radius 1 is 1.30 bits per heavy atom. The highest BCUT2D eigenvalue weighted by Gasteiger charge is 2.17. The first-order chi connectivity index (χ1) is 4.48. The zero-order chi connectivity index (χ0) is 8.20. The topological polar surface area (TPSA) is 26.0 Å². The zero-order valence-corrected chi connectivity index (χ0v) is 7.78. The van der Waals surface area contributed by atoms with Gasteiger partial charge in [-0.05, 0) is 30.7 Å². The van der Waals surface area contributed by atoms with E-state index in [0.29, 0.717) is 5.41 Å². The Bertz CT molecular complexity index is 84.7. The van der Waals surface area contributed by atoms with Crippen LogP contribution >= 0.6 is 0 Å². The summed E-state index contributed by atoms with van der Waals surface area (Å²) in [6.07, 6.45) is 2.43. The molecule has 0 saturated heterocycles. The Kier molecular flexibility index (Phi) is 3.95. The van der Waals surface area contributed by atoms with Crippen molar-refractivity contribution in [2.24, 2.45) is 17.1 Å². The van der Waals surface area contributed by atoms with E-state index >= 15 is 0 Å². The maximum absolute atomic E-state index is 5.49. The monoisotopic (exact) mass is 143 g/mol. The summed E-state index contributed by atoms with van der Waals surface area (Å²) >= 11 is 0. The van der Waals surface area contributed by atoms with Crippen molar-refractivity contribution in [1.29, 1.82) is 0 Å². The highest BCUT2D eigenvalue weighted by molar-refractivity contribution is 4.70. The summed E-state index contributed by atoms with van der Waals surface area (Å²) in [4.78, 5) is 0. The van der Waals surface area contributed by atoms with Crippen molar-refractivity contribution < 1.29 is 0 Å². The number of nitrogens with two attached hydrogens (primary N) is 1. The molecule has 0 aliphatic heterocycles. The lowest BCUT2D eigenvalue weighted by Gasteiger charge is -2.25. The van der Waals surface area contributed by atoms with E-state index in [0.717, 1.165) is 18.9 Å². The van der Waals surface area contributed by atoms with E-state index in [2.05, 4.69) is 27.7 Å². The van der Waals surface area contributed by atoms with Gasteiger partial charge in [0.25, 0.3) is 0 Å². The van der Waals surface area contributed by atoms with Crippen LogP contribution in [0.25, 0.3) is 0 Å². The molecule has 0 rings (SSSR count). The molecule has 10 heavy (non-hydrogen) atoms. The second-order valence-electron chi connectivity index (χ2n) is 4.30. The Hall–Kier alpha value is -0.0400. The van der Waals surface area contributed by atoms with Crippen molar-refractivity contribution in [3.8, 4) is 0 Å². The summed E-state index contributed by atoms with van der Waals surface area (Å²) in [7, 11) is 0. The van der Waals surface area contributed by atoms with Gasteiger partial charge in [-0.2, -0.15) is 0 Å². The standard InChI is InChI=1S/C9H21N/c1-8(2)7-9(3,4)5-6-10/h8H,5-7,10H2,1-4H3. The van der Waals surface area contributed by atoms with Crippen LogP contribution in [0, 0.1) is 11.3 Å². The maximum Gasteiger partial charge on any atom is -0.00722 e. The zero-order valence-electron chi connectivity index (χ0n) is 7.78. The van der Waals surface area contributed by atoms with Gasteiger partial charge in [-0.25, -0.2) is 0 Å². The van der Waals surface area contributed by atoms with Gasteiger partial charge in [0.1, 0.15) is 0 Å². The Morgan fingerprint density at radius 3 is 2.10 bits per heavy atom. The summed E-state index contributed by atoms with van der Waals surface area (Å²) < 4.78 is 0. The quantitative estimate of drug-likeness (QED) is 0.642. The number of rotatable bonds is 4. The molecule has 0 unspecified atom stereocenters. The second kappa shape index (κ2) is 3.97. The maximum atomic E-state index is 5.49. The molecule has 0 aromatic carbocycles. The molecule has 0 aromatic heterocycles. The fourth-order valence-corrected chi connectivity index (χ4v) is 1.60. The van der Waals surface area contributed by atoms with Gasteiger partial charge in [-0.1, -0.05) is 27.7 Å². The van der Waals surface area contributed by atoms with Gasteiger partial charge in [0.2, 0.25) is 0 Å². The average molecular weight is 143 g/mol. The van der Waals surface area contributed by atoms with Crippen LogP contribution < -0.4 is 5.73 Å². The van der Waals surface area contributed by atoms with E-state index in [-0.39, 0.29) is 0 Å². The van der Waals surface area contributed by atoms with Crippen molar-refractivity contribution in [3.05, 3.63) is 0 Å². The van der Waals surface area contributed by atoms with Gasteiger partial charge in [0.15, 0.2) is 0 Å². The van der Waals surface area contributed by atoms with Crippen LogP contribution in [0.2, 0.25) is 0 Å². The van der Waals surface area contributed by atoms with Crippen LogP contribution in [0.4, 0.5) is 0 Å².